The second kappa shape index (κ2) is 1.88. The molecule has 0 aromatic rings. The van der Waals surface area contributed by atoms with Gasteiger partial charge < -0.3 is 9.59 Å². The maximum absolute atomic E-state index is 8.78. The van der Waals surface area contributed by atoms with Crippen LogP contribution in [0.15, 0.2) is 0 Å². The molecular weight excluding hydrogens is 112 g/mol. The Morgan fingerprint density at radius 2 is 1.67 bits per heavy atom. The van der Waals surface area contributed by atoms with Crippen molar-refractivity contribution >= 4 is 17.1 Å². The normalized spacial score (nSPS) is 14.0. The monoisotopic (exact) mass is 122 g/mol. The Hall–Kier alpha value is 0.354. The van der Waals surface area contributed by atoms with E-state index >= 15 is 0 Å². The third kappa shape index (κ3) is 4.35. The smallest absolute Gasteiger partial charge is 0.193 e. The molecule has 6 heavy (non-hydrogen) atoms. The first-order valence-corrected chi connectivity index (χ1v) is 7.80. The van der Waals surface area contributed by atoms with Crippen molar-refractivity contribution in [1.29, 1.82) is 0 Å². The van der Waals surface area contributed by atoms with Gasteiger partial charge in [0.1, 0.15) is 0 Å². The van der Waals surface area contributed by atoms with Gasteiger partial charge in [0.15, 0.2) is 17.1 Å². The standard InChI is InChI=1S/C2H10O2Si2/c1-6(2,4)5-3/h3-4H,5H2,1-2H3. The lowest BCUT2D eigenvalue weighted by molar-refractivity contribution is 0.549. The summed E-state index contributed by atoms with van der Waals surface area (Å²) in [6.07, 6.45) is 0. The zero-order valence-electron chi connectivity index (χ0n) is 4.10. The van der Waals surface area contributed by atoms with E-state index in [2.05, 4.69) is 0 Å². The summed E-state index contributed by atoms with van der Waals surface area (Å²) < 4.78 is 0. The minimum absolute atomic E-state index is 1.05. The summed E-state index contributed by atoms with van der Waals surface area (Å²) in [4.78, 5) is 17.1. The van der Waals surface area contributed by atoms with E-state index < -0.39 is 17.1 Å². The van der Waals surface area contributed by atoms with E-state index in [0.29, 0.717) is 0 Å². The molecule has 4 heteroatoms. The highest BCUT2D eigenvalue weighted by Gasteiger charge is 2.14. The van der Waals surface area contributed by atoms with Crippen LogP contribution < -0.4 is 0 Å². The summed E-state index contributed by atoms with van der Waals surface area (Å²) >= 11 is 0. The zero-order chi connectivity index (χ0) is 5.21. The molecule has 0 bridgehead atoms. The van der Waals surface area contributed by atoms with Crippen LogP contribution in [0.4, 0.5) is 0 Å². The zero-order valence-corrected chi connectivity index (χ0v) is 6.52. The molecule has 2 nitrogen and oxygen atoms in total. The summed E-state index contributed by atoms with van der Waals surface area (Å²) in [6.45, 7) is 3.50. The molecule has 0 aliphatic rings. The molecule has 0 amide bonds. The van der Waals surface area contributed by atoms with Crippen LogP contribution in [-0.2, 0) is 0 Å². The van der Waals surface area contributed by atoms with E-state index in [1.807, 2.05) is 0 Å². The first-order valence-electron chi connectivity index (χ1n) is 1.89. The van der Waals surface area contributed by atoms with Crippen LogP contribution in [0.2, 0.25) is 13.1 Å². The number of hydrogen-bond acceptors (Lipinski definition) is 2. The first-order chi connectivity index (χ1) is 2.56. The lowest BCUT2D eigenvalue weighted by atomic mass is 11.9. The predicted octanol–water partition coefficient (Wildman–Crippen LogP) is -1.24. The van der Waals surface area contributed by atoms with Crippen molar-refractivity contribution < 1.29 is 9.59 Å². The highest BCUT2D eigenvalue weighted by Crippen LogP contribution is 1.86. The molecule has 0 radical (unpaired) electrons. The molecule has 0 unspecified atom stereocenters. The molecule has 2 N–H and O–H groups in total. The van der Waals surface area contributed by atoms with Crippen LogP contribution in [0.3, 0.4) is 0 Å². The maximum Gasteiger partial charge on any atom is 0.193 e. The predicted molar refractivity (Wildman–Crippen MR) is 30.5 cm³/mol. The average Bonchev–Trinajstić information content (AvgIpc) is 1.35. The highest BCUT2D eigenvalue weighted by atomic mass is 29.2. The highest BCUT2D eigenvalue weighted by molar-refractivity contribution is 7.16. The van der Waals surface area contributed by atoms with Crippen molar-refractivity contribution in [3.05, 3.63) is 0 Å². The molecule has 0 saturated heterocycles. The quantitative estimate of drug-likeness (QED) is 0.427. The van der Waals surface area contributed by atoms with Gasteiger partial charge in [-0.15, -0.1) is 0 Å². The SMILES string of the molecule is C[Si](C)(O)[SiH2]O. The Balaban J connectivity index is 3.17. The first kappa shape index (κ1) is 6.35. The number of hydrogen-bond donors (Lipinski definition) is 2. The fraction of sp³-hybridized carbons (Fsp3) is 1.00. The van der Waals surface area contributed by atoms with Crippen LogP contribution in [0, 0.1) is 0 Å². The van der Waals surface area contributed by atoms with Gasteiger partial charge in [-0.3, -0.25) is 0 Å². The topological polar surface area (TPSA) is 40.5 Å². The van der Waals surface area contributed by atoms with Gasteiger partial charge in [0.05, 0.1) is 0 Å². The fourth-order valence-corrected chi connectivity index (χ4v) is 0. The van der Waals surface area contributed by atoms with E-state index in [-0.39, 0.29) is 0 Å². The largest absolute Gasteiger partial charge is 0.439 e. The van der Waals surface area contributed by atoms with Crippen molar-refractivity contribution in [2.75, 3.05) is 0 Å². The van der Waals surface area contributed by atoms with Crippen molar-refractivity contribution in [1.82, 2.24) is 0 Å². The minimum atomic E-state index is -1.94. The van der Waals surface area contributed by atoms with Gasteiger partial charge in [-0.2, -0.15) is 0 Å². The van der Waals surface area contributed by atoms with Crippen molar-refractivity contribution in [3.8, 4) is 0 Å². The Morgan fingerprint density at radius 3 is 1.67 bits per heavy atom. The summed E-state index contributed by atoms with van der Waals surface area (Å²) in [5.41, 5.74) is 0. The second-order valence-corrected chi connectivity index (χ2v) is 12.1. The molecule has 0 fully saturated rings. The maximum atomic E-state index is 8.78. The van der Waals surface area contributed by atoms with Crippen molar-refractivity contribution in [2.24, 2.45) is 0 Å². The van der Waals surface area contributed by atoms with E-state index in [1.54, 1.807) is 13.1 Å². The third-order valence-electron chi connectivity index (χ3n) is 0.387. The lowest BCUT2D eigenvalue weighted by Crippen LogP contribution is -2.33. The van der Waals surface area contributed by atoms with Crippen LogP contribution in [0.1, 0.15) is 0 Å². The van der Waals surface area contributed by atoms with Crippen LogP contribution in [0.25, 0.3) is 0 Å². The number of rotatable bonds is 1. The van der Waals surface area contributed by atoms with Crippen LogP contribution in [0.5, 0.6) is 0 Å². The molecule has 0 aliphatic heterocycles. The van der Waals surface area contributed by atoms with E-state index in [4.69, 9.17) is 9.59 Å². The molecule has 0 atom stereocenters. The summed E-state index contributed by atoms with van der Waals surface area (Å²) in [6, 6.07) is 0. The summed E-state index contributed by atoms with van der Waals surface area (Å²) in [5.74, 6) is 0. The van der Waals surface area contributed by atoms with Gasteiger partial charge in [-0.05, 0) is 13.1 Å². The Labute approximate surface area is 40.7 Å². The molecule has 0 aliphatic carbocycles. The van der Waals surface area contributed by atoms with E-state index in [1.165, 1.54) is 0 Å². The molecule has 0 aromatic carbocycles. The molecule has 0 aromatic heterocycles. The molecular formula is C2H10O2Si2. The fourth-order valence-electron chi connectivity index (χ4n) is 0. The van der Waals surface area contributed by atoms with E-state index in [0.717, 1.165) is 0 Å². The van der Waals surface area contributed by atoms with Gasteiger partial charge in [0.2, 0.25) is 0 Å². The minimum Gasteiger partial charge on any atom is -0.439 e. The van der Waals surface area contributed by atoms with Gasteiger partial charge in [-0.25, -0.2) is 0 Å². The molecule has 0 spiro atoms. The summed E-state index contributed by atoms with van der Waals surface area (Å²) in [5, 5.41) is 0. The summed E-state index contributed by atoms with van der Waals surface area (Å²) in [7, 11) is -2.99. The van der Waals surface area contributed by atoms with Gasteiger partial charge in [0, 0.05) is 0 Å². The Kier molecular flexibility index (Phi) is 1.99. The Bertz CT molecular complexity index is 39.3. The lowest BCUT2D eigenvalue weighted by Gasteiger charge is -2.05. The van der Waals surface area contributed by atoms with Crippen LogP contribution >= 0.6 is 0 Å². The van der Waals surface area contributed by atoms with E-state index in [9.17, 15) is 0 Å². The molecule has 0 heterocycles. The molecule has 38 valence electrons. The van der Waals surface area contributed by atoms with Gasteiger partial charge in [0.25, 0.3) is 0 Å². The van der Waals surface area contributed by atoms with Crippen LogP contribution in [-0.4, -0.2) is 26.7 Å². The average molecular weight is 122 g/mol. The second-order valence-electron chi connectivity index (χ2n) is 1.97. The van der Waals surface area contributed by atoms with Gasteiger partial charge in [-0.1, -0.05) is 0 Å². The van der Waals surface area contributed by atoms with Crippen molar-refractivity contribution in [2.45, 2.75) is 13.1 Å². The van der Waals surface area contributed by atoms with Gasteiger partial charge >= 0.3 is 0 Å². The van der Waals surface area contributed by atoms with Crippen molar-refractivity contribution in [3.63, 3.8) is 0 Å². The Morgan fingerprint density at radius 1 is 1.50 bits per heavy atom. The third-order valence-corrected chi connectivity index (χ3v) is 3.48. The molecule has 0 saturated carbocycles. The molecule has 0 rings (SSSR count).